The number of carbonyl (C=O) groups is 1. The van der Waals surface area contributed by atoms with E-state index < -0.39 is 0 Å². The van der Waals surface area contributed by atoms with Crippen molar-refractivity contribution in [2.24, 2.45) is 0 Å². The molecule has 0 saturated heterocycles. The van der Waals surface area contributed by atoms with Crippen molar-refractivity contribution < 1.29 is 9.21 Å². The number of anilines is 1. The average Bonchev–Trinajstić information content (AvgIpc) is 2.98. The third-order valence-electron chi connectivity index (χ3n) is 4.06. The lowest BCUT2D eigenvalue weighted by molar-refractivity contribution is 0.251. The van der Waals surface area contributed by atoms with Crippen LogP contribution in [0.5, 0.6) is 0 Å². The van der Waals surface area contributed by atoms with Crippen LogP contribution in [-0.4, -0.2) is 11.0 Å². The number of urea groups is 1. The smallest absolute Gasteiger partial charge is 0.319 e. The normalized spacial score (nSPS) is 10.6. The fraction of sp³-hybridized carbons (Fsp3) is 0.200. The van der Waals surface area contributed by atoms with Gasteiger partial charge in [-0.1, -0.05) is 35.4 Å². The van der Waals surface area contributed by atoms with E-state index in [4.69, 9.17) is 16.0 Å². The minimum Gasteiger partial charge on any atom is -0.441 e. The molecule has 0 aliphatic heterocycles. The summed E-state index contributed by atoms with van der Waals surface area (Å²) in [5.74, 6) is 1.23. The molecule has 0 radical (unpaired) electrons. The summed E-state index contributed by atoms with van der Waals surface area (Å²) in [6, 6.07) is 13.0. The van der Waals surface area contributed by atoms with Crippen LogP contribution in [0.4, 0.5) is 10.5 Å². The van der Waals surface area contributed by atoms with Crippen LogP contribution in [0.1, 0.15) is 22.6 Å². The van der Waals surface area contributed by atoms with E-state index in [2.05, 4.69) is 15.6 Å². The van der Waals surface area contributed by atoms with Crippen LogP contribution >= 0.6 is 11.6 Å². The van der Waals surface area contributed by atoms with E-state index in [1.165, 1.54) is 5.56 Å². The highest BCUT2D eigenvalue weighted by atomic mass is 35.5. The summed E-state index contributed by atoms with van der Waals surface area (Å²) in [5.41, 5.74) is 4.38. The van der Waals surface area contributed by atoms with Crippen molar-refractivity contribution in [1.82, 2.24) is 10.3 Å². The first-order valence-electron chi connectivity index (χ1n) is 8.27. The first kappa shape index (κ1) is 18.0. The van der Waals surface area contributed by atoms with Gasteiger partial charge in [-0.05, 0) is 50.6 Å². The molecular weight excluding hydrogens is 350 g/mol. The standard InChI is InChI=1S/C20H20ClN3O2/c1-12-4-7-15(8-5-12)19-23-18(14(3)26-19)11-22-20(25)24-17-10-16(21)9-6-13(17)2/h4-10H,11H2,1-3H3,(H2,22,24,25). The number of benzene rings is 2. The van der Waals surface area contributed by atoms with Crippen LogP contribution in [0.25, 0.3) is 11.5 Å². The number of nitrogens with zero attached hydrogens (tertiary/aromatic N) is 1. The number of hydrogen-bond donors (Lipinski definition) is 2. The minimum atomic E-state index is -0.324. The highest BCUT2D eigenvalue weighted by Gasteiger charge is 2.13. The number of nitrogens with one attached hydrogen (secondary N) is 2. The molecule has 0 aliphatic rings. The topological polar surface area (TPSA) is 67.2 Å². The number of rotatable bonds is 4. The molecule has 6 heteroatoms. The molecule has 0 saturated carbocycles. The summed E-state index contributed by atoms with van der Waals surface area (Å²) in [7, 11) is 0. The Balaban J connectivity index is 1.65. The van der Waals surface area contributed by atoms with Crippen molar-refractivity contribution in [1.29, 1.82) is 0 Å². The molecular formula is C20H20ClN3O2. The van der Waals surface area contributed by atoms with E-state index in [0.29, 0.717) is 28.1 Å². The van der Waals surface area contributed by atoms with Crippen molar-refractivity contribution in [3.63, 3.8) is 0 Å². The number of aromatic nitrogens is 1. The predicted molar refractivity (Wildman–Crippen MR) is 103 cm³/mol. The molecule has 1 heterocycles. The van der Waals surface area contributed by atoms with Crippen molar-refractivity contribution in [2.75, 3.05) is 5.32 Å². The maximum Gasteiger partial charge on any atom is 0.319 e. The maximum absolute atomic E-state index is 12.2. The van der Waals surface area contributed by atoms with Crippen LogP contribution in [0.15, 0.2) is 46.9 Å². The van der Waals surface area contributed by atoms with Gasteiger partial charge in [0.25, 0.3) is 0 Å². The number of amides is 2. The van der Waals surface area contributed by atoms with E-state index in [1.807, 2.05) is 51.1 Å². The monoisotopic (exact) mass is 369 g/mol. The van der Waals surface area contributed by atoms with E-state index in [-0.39, 0.29) is 12.6 Å². The van der Waals surface area contributed by atoms with E-state index in [1.54, 1.807) is 12.1 Å². The highest BCUT2D eigenvalue weighted by molar-refractivity contribution is 6.31. The van der Waals surface area contributed by atoms with Gasteiger partial charge in [-0.15, -0.1) is 0 Å². The lowest BCUT2D eigenvalue weighted by Gasteiger charge is -2.09. The van der Waals surface area contributed by atoms with Gasteiger partial charge in [0.15, 0.2) is 0 Å². The summed E-state index contributed by atoms with van der Waals surface area (Å²) >= 11 is 5.97. The highest BCUT2D eigenvalue weighted by Crippen LogP contribution is 2.22. The van der Waals surface area contributed by atoms with Crippen LogP contribution in [0.3, 0.4) is 0 Å². The lowest BCUT2D eigenvalue weighted by atomic mass is 10.1. The molecule has 26 heavy (non-hydrogen) atoms. The summed E-state index contributed by atoms with van der Waals surface area (Å²) < 4.78 is 5.73. The second kappa shape index (κ2) is 7.62. The molecule has 0 atom stereocenters. The van der Waals surface area contributed by atoms with Gasteiger partial charge >= 0.3 is 6.03 Å². The molecule has 5 nitrogen and oxygen atoms in total. The average molecular weight is 370 g/mol. The molecule has 1 aromatic heterocycles. The van der Waals surface area contributed by atoms with Gasteiger partial charge in [0.1, 0.15) is 11.5 Å². The SMILES string of the molecule is Cc1ccc(-c2nc(CNC(=O)Nc3cc(Cl)ccc3C)c(C)o2)cc1. The Morgan fingerprint density at radius 2 is 1.85 bits per heavy atom. The molecule has 2 N–H and O–H groups in total. The van der Waals surface area contributed by atoms with Crippen LogP contribution in [0, 0.1) is 20.8 Å². The number of carbonyl (C=O) groups excluding carboxylic acids is 1. The third kappa shape index (κ3) is 4.24. The molecule has 0 aliphatic carbocycles. The van der Waals surface area contributed by atoms with Gasteiger partial charge in [-0.3, -0.25) is 0 Å². The lowest BCUT2D eigenvalue weighted by Crippen LogP contribution is -2.28. The van der Waals surface area contributed by atoms with Crippen molar-refractivity contribution in [3.05, 3.63) is 70.1 Å². The minimum absolute atomic E-state index is 0.270. The zero-order valence-electron chi connectivity index (χ0n) is 14.9. The van der Waals surface area contributed by atoms with Gasteiger partial charge in [0.05, 0.1) is 6.54 Å². The van der Waals surface area contributed by atoms with E-state index in [9.17, 15) is 4.79 Å². The Morgan fingerprint density at radius 1 is 1.12 bits per heavy atom. The molecule has 134 valence electrons. The second-order valence-corrected chi connectivity index (χ2v) is 6.59. The predicted octanol–water partition coefficient (Wildman–Crippen LogP) is 5.24. The van der Waals surface area contributed by atoms with E-state index in [0.717, 1.165) is 11.1 Å². The van der Waals surface area contributed by atoms with Crippen LogP contribution < -0.4 is 10.6 Å². The quantitative estimate of drug-likeness (QED) is 0.660. The summed E-state index contributed by atoms with van der Waals surface area (Å²) in [5, 5.41) is 6.16. The fourth-order valence-electron chi connectivity index (χ4n) is 2.47. The molecule has 2 amide bonds. The van der Waals surface area contributed by atoms with Gasteiger partial charge in [0, 0.05) is 16.3 Å². The molecule has 2 aromatic carbocycles. The van der Waals surface area contributed by atoms with Crippen molar-refractivity contribution in [3.8, 4) is 11.5 Å². The third-order valence-corrected chi connectivity index (χ3v) is 4.29. The first-order valence-corrected chi connectivity index (χ1v) is 8.64. The Kier molecular flexibility index (Phi) is 5.28. The second-order valence-electron chi connectivity index (χ2n) is 6.15. The molecule has 3 aromatic rings. The van der Waals surface area contributed by atoms with E-state index >= 15 is 0 Å². The van der Waals surface area contributed by atoms with Crippen LogP contribution in [0.2, 0.25) is 5.02 Å². The molecule has 0 fully saturated rings. The number of hydrogen-bond acceptors (Lipinski definition) is 3. The number of halogens is 1. The Hall–Kier alpha value is -2.79. The maximum atomic E-state index is 12.2. The van der Waals surface area contributed by atoms with Crippen molar-refractivity contribution >= 4 is 23.3 Å². The summed E-state index contributed by atoms with van der Waals surface area (Å²) in [4.78, 5) is 16.6. The van der Waals surface area contributed by atoms with Gasteiger partial charge in [-0.2, -0.15) is 0 Å². The number of aryl methyl sites for hydroxylation is 3. The van der Waals surface area contributed by atoms with Gasteiger partial charge in [0.2, 0.25) is 5.89 Å². The first-order chi connectivity index (χ1) is 12.4. The molecule has 0 unspecified atom stereocenters. The van der Waals surface area contributed by atoms with Gasteiger partial charge in [-0.25, -0.2) is 9.78 Å². The Bertz CT molecular complexity index is 933. The summed E-state index contributed by atoms with van der Waals surface area (Å²) in [6.45, 7) is 6.04. The molecule has 0 bridgehead atoms. The Labute approximate surface area is 157 Å². The zero-order chi connectivity index (χ0) is 18.7. The van der Waals surface area contributed by atoms with Crippen LogP contribution in [-0.2, 0) is 6.54 Å². The zero-order valence-corrected chi connectivity index (χ0v) is 15.6. The van der Waals surface area contributed by atoms with Gasteiger partial charge < -0.3 is 15.1 Å². The summed E-state index contributed by atoms with van der Waals surface area (Å²) in [6.07, 6.45) is 0. The molecule has 3 rings (SSSR count). The number of oxazole rings is 1. The molecule has 0 spiro atoms. The Morgan fingerprint density at radius 3 is 2.58 bits per heavy atom. The largest absolute Gasteiger partial charge is 0.441 e. The van der Waals surface area contributed by atoms with Crippen molar-refractivity contribution in [2.45, 2.75) is 27.3 Å². The fourth-order valence-corrected chi connectivity index (χ4v) is 2.64.